The van der Waals surface area contributed by atoms with Crippen molar-refractivity contribution >= 4 is 5.91 Å². The van der Waals surface area contributed by atoms with E-state index in [-0.39, 0.29) is 12.5 Å². The Balaban J connectivity index is 1.87. The van der Waals surface area contributed by atoms with Crippen molar-refractivity contribution in [3.8, 4) is 11.3 Å². The molecule has 0 saturated heterocycles. The Kier molecular flexibility index (Phi) is 3.96. The molecule has 2 aromatic heterocycles. The fraction of sp³-hybridized carbons (Fsp3) is 0.133. The molecule has 0 radical (unpaired) electrons. The lowest BCUT2D eigenvalue weighted by molar-refractivity contribution is 0.0950. The van der Waals surface area contributed by atoms with Crippen LogP contribution in [0.25, 0.3) is 11.3 Å². The molecule has 0 fully saturated rings. The summed E-state index contributed by atoms with van der Waals surface area (Å²) in [6, 6.07) is 9.41. The van der Waals surface area contributed by atoms with Gasteiger partial charge in [-0.2, -0.15) is 5.10 Å². The minimum absolute atomic E-state index is 0.0969. The number of rotatable bonds is 4. The zero-order valence-corrected chi connectivity index (χ0v) is 12.3. The Morgan fingerprint density at radius 2 is 2.04 bits per heavy atom. The maximum Gasteiger partial charge on any atom is 0.340 e. The van der Waals surface area contributed by atoms with Gasteiger partial charge in [0.25, 0.3) is 5.91 Å². The highest BCUT2D eigenvalue weighted by Crippen LogP contribution is 2.20. The zero-order valence-electron chi connectivity index (χ0n) is 12.3. The molecule has 0 bridgehead atoms. The van der Waals surface area contributed by atoms with E-state index in [1.54, 1.807) is 6.92 Å². The van der Waals surface area contributed by atoms with Gasteiger partial charge in [-0.3, -0.25) is 9.78 Å². The Labute approximate surface area is 131 Å². The molecule has 3 N–H and O–H groups in total. The standard InChI is InChI=1S/C15H14N6O2/c1-9-16-7-11(13(18-9)10-5-3-2-4-6-10)14(22)17-8-12-19-15(23)21-20-12/h2-7H,8H2,1H3,(H,17,22)(H2,19,20,21,23). The largest absolute Gasteiger partial charge is 0.345 e. The molecule has 116 valence electrons. The first-order chi connectivity index (χ1) is 11.1. The first-order valence-electron chi connectivity index (χ1n) is 6.94. The number of carbonyl (C=O) groups is 1. The molecular weight excluding hydrogens is 296 g/mol. The topological polar surface area (TPSA) is 116 Å². The molecule has 0 aliphatic carbocycles. The molecule has 0 saturated carbocycles. The van der Waals surface area contributed by atoms with Gasteiger partial charge in [0.15, 0.2) is 0 Å². The molecule has 0 unspecified atom stereocenters. The first kappa shape index (κ1) is 14.6. The van der Waals surface area contributed by atoms with Gasteiger partial charge in [-0.1, -0.05) is 30.3 Å². The lowest BCUT2D eigenvalue weighted by Gasteiger charge is -2.09. The molecule has 3 rings (SSSR count). The quantitative estimate of drug-likeness (QED) is 0.659. The third kappa shape index (κ3) is 3.31. The summed E-state index contributed by atoms with van der Waals surface area (Å²) in [6.07, 6.45) is 1.49. The van der Waals surface area contributed by atoms with Gasteiger partial charge in [-0.15, -0.1) is 0 Å². The van der Waals surface area contributed by atoms with Crippen LogP contribution in [-0.2, 0) is 6.54 Å². The smallest absolute Gasteiger partial charge is 0.340 e. The van der Waals surface area contributed by atoms with E-state index in [9.17, 15) is 9.59 Å². The molecule has 23 heavy (non-hydrogen) atoms. The number of aromatic amines is 2. The van der Waals surface area contributed by atoms with E-state index in [1.807, 2.05) is 30.3 Å². The van der Waals surface area contributed by atoms with Crippen LogP contribution in [0.15, 0.2) is 41.3 Å². The van der Waals surface area contributed by atoms with Crippen LogP contribution in [-0.4, -0.2) is 31.1 Å². The van der Waals surface area contributed by atoms with E-state index in [1.165, 1.54) is 6.20 Å². The first-order valence-corrected chi connectivity index (χ1v) is 6.94. The van der Waals surface area contributed by atoms with Gasteiger partial charge in [-0.25, -0.2) is 19.9 Å². The Bertz CT molecular complexity index is 884. The van der Waals surface area contributed by atoms with Gasteiger partial charge in [-0.05, 0) is 6.92 Å². The fourth-order valence-electron chi connectivity index (χ4n) is 2.10. The molecule has 0 spiro atoms. The predicted molar refractivity (Wildman–Crippen MR) is 82.6 cm³/mol. The second-order valence-corrected chi connectivity index (χ2v) is 4.85. The van der Waals surface area contributed by atoms with Gasteiger partial charge in [0.05, 0.1) is 17.8 Å². The average molecular weight is 310 g/mol. The van der Waals surface area contributed by atoms with Crippen LogP contribution in [0.2, 0.25) is 0 Å². The number of aromatic nitrogens is 5. The second-order valence-electron chi connectivity index (χ2n) is 4.85. The summed E-state index contributed by atoms with van der Waals surface area (Å²) in [6.45, 7) is 1.86. The van der Waals surface area contributed by atoms with Crippen LogP contribution in [0, 0.1) is 6.92 Å². The number of aryl methyl sites for hydroxylation is 1. The van der Waals surface area contributed by atoms with E-state index in [0.717, 1.165) is 5.56 Å². The molecule has 0 aliphatic rings. The zero-order chi connectivity index (χ0) is 16.2. The van der Waals surface area contributed by atoms with E-state index in [2.05, 4.69) is 30.5 Å². The van der Waals surface area contributed by atoms with Gasteiger partial charge in [0.2, 0.25) is 0 Å². The highest BCUT2D eigenvalue weighted by Gasteiger charge is 2.15. The van der Waals surface area contributed by atoms with Crippen molar-refractivity contribution in [1.82, 2.24) is 30.5 Å². The van der Waals surface area contributed by atoms with E-state index in [4.69, 9.17) is 0 Å². The lowest BCUT2D eigenvalue weighted by atomic mass is 10.1. The van der Waals surface area contributed by atoms with Gasteiger partial charge in [0, 0.05) is 11.8 Å². The number of amides is 1. The van der Waals surface area contributed by atoms with Crippen LogP contribution in [0.1, 0.15) is 22.0 Å². The van der Waals surface area contributed by atoms with E-state index < -0.39 is 5.69 Å². The average Bonchev–Trinajstić information content (AvgIpc) is 2.99. The number of nitrogens with one attached hydrogen (secondary N) is 3. The van der Waals surface area contributed by atoms with Crippen molar-refractivity contribution < 1.29 is 4.79 Å². The van der Waals surface area contributed by atoms with Crippen LogP contribution in [0.4, 0.5) is 0 Å². The highest BCUT2D eigenvalue weighted by molar-refractivity contribution is 5.99. The Hall–Kier alpha value is -3.29. The molecule has 2 heterocycles. The number of nitrogens with zero attached hydrogens (tertiary/aromatic N) is 3. The van der Waals surface area contributed by atoms with E-state index in [0.29, 0.717) is 22.9 Å². The van der Waals surface area contributed by atoms with E-state index >= 15 is 0 Å². The van der Waals surface area contributed by atoms with Crippen molar-refractivity contribution in [3.63, 3.8) is 0 Å². The third-order valence-electron chi connectivity index (χ3n) is 3.17. The van der Waals surface area contributed by atoms with Crippen molar-refractivity contribution in [2.45, 2.75) is 13.5 Å². The summed E-state index contributed by atoms with van der Waals surface area (Å²) in [5, 5.41) is 8.66. The maximum atomic E-state index is 12.4. The summed E-state index contributed by atoms with van der Waals surface area (Å²) < 4.78 is 0. The molecule has 8 nitrogen and oxygen atoms in total. The maximum absolute atomic E-state index is 12.4. The van der Waals surface area contributed by atoms with Crippen molar-refractivity contribution in [1.29, 1.82) is 0 Å². The van der Waals surface area contributed by atoms with Gasteiger partial charge < -0.3 is 5.32 Å². The predicted octanol–water partition coefficient (Wildman–Crippen LogP) is 0.793. The summed E-state index contributed by atoms with van der Waals surface area (Å²) in [4.78, 5) is 34.3. The number of hydrogen-bond donors (Lipinski definition) is 3. The summed E-state index contributed by atoms with van der Waals surface area (Å²) in [7, 11) is 0. The minimum Gasteiger partial charge on any atom is -0.345 e. The molecule has 0 aliphatic heterocycles. The van der Waals surface area contributed by atoms with Crippen molar-refractivity contribution in [2.75, 3.05) is 0 Å². The number of H-pyrrole nitrogens is 2. The minimum atomic E-state index is -0.419. The summed E-state index contributed by atoms with van der Waals surface area (Å²) in [5.74, 6) is 0.586. The Morgan fingerprint density at radius 1 is 1.26 bits per heavy atom. The van der Waals surface area contributed by atoms with Crippen molar-refractivity contribution in [3.05, 3.63) is 64.2 Å². The van der Waals surface area contributed by atoms with Crippen LogP contribution in [0.5, 0.6) is 0 Å². The highest BCUT2D eigenvalue weighted by atomic mass is 16.2. The van der Waals surface area contributed by atoms with Crippen LogP contribution >= 0.6 is 0 Å². The molecule has 8 heteroatoms. The number of hydrogen-bond acceptors (Lipinski definition) is 5. The van der Waals surface area contributed by atoms with Gasteiger partial charge in [0.1, 0.15) is 11.6 Å². The van der Waals surface area contributed by atoms with Crippen LogP contribution in [0.3, 0.4) is 0 Å². The summed E-state index contributed by atoms with van der Waals surface area (Å²) >= 11 is 0. The molecule has 3 aromatic rings. The SMILES string of the molecule is Cc1ncc(C(=O)NCc2n[nH]c(=O)[nH]2)c(-c2ccccc2)n1. The normalized spacial score (nSPS) is 10.5. The third-order valence-corrected chi connectivity index (χ3v) is 3.17. The lowest BCUT2D eigenvalue weighted by Crippen LogP contribution is -2.25. The monoisotopic (exact) mass is 310 g/mol. The fourth-order valence-corrected chi connectivity index (χ4v) is 2.10. The Morgan fingerprint density at radius 3 is 2.74 bits per heavy atom. The second kappa shape index (κ2) is 6.22. The summed E-state index contributed by atoms with van der Waals surface area (Å²) in [5.41, 5.74) is 1.33. The van der Waals surface area contributed by atoms with Gasteiger partial charge >= 0.3 is 5.69 Å². The molecule has 0 atom stereocenters. The molecule has 1 amide bonds. The van der Waals surface area contributed by atoms with Crippen molar-refractivity contribution in [2.24, 2.45) is 0 Å². The number of carbonyl (C=O) groups excluding carboxylic acids is 1. The molecular formula is C15H14N6O2. The molecule has 1 aromatic carbocycles. The number of benzene rings is 1. The van der Waals surface area contributed by atoms with Crippen LogP contribution < -0.4 is 11.0 Å².